The largest absolute Gasteiger partial charge is 0.444 e. The van der Waals surface area contributed by atoms with E-state index >= 15 is 0 Å². The number of nitrogens with one attached hydrogen (secondary N) is 4. The quantitative estimate of drug-likeness (QED) is 0.0217. The fourth-order valence-electron chi connectivity index (χ4n) is 9.22. The molecule has 5 amide bonds. The van der Waals surface area contributed by atoms with E-state index in [0.717, 1.165) is 47.5 Å². The first-order valence-electron chi connectivity index (χ1n) is 28.4. The number of para-hydroxylation sites is 1. The average Bonchev–Trinajstić information content (AvgIpc) is 4.34. The maximum atomic E-state index is 14.0. The van der Waals surface area contributed by atoms with Gasteiger partial charge in [0.2, 0.25) is 23.6 Å². The number of rotatable bonds is 32. The third-order valence-electron chi connectivity index (χ3n) is 13.5. The number of nitrogens with zero attached hydrogens (tertiary/aromatic N) is 4. The van der Waals surface area contributed by atoms with E-state index in [1.165, 1.54) is 21.1 Å². The van der Waals surface area contributed by atoms with Crippen LogP contribution in [0.1, 0.15) is 83.7 Å². The number of allylic oxidation sites excluding steroid dienone is 1. The number of aliphatic imine (C=N–C) groups is 1. The number of hydrogen-bond acceptors (Lipinski definition) is 18. The molecule has 0 bridgehead atoms. The summed E-state index contributed by atoms with van der Waals surface area (Å²) in [6.45, 7) is 19.8. The minimum atomic E-state index is -0.930. The van der Waals surface area contributed by atoms with E-state index in [2.05, 4.69) is 31.7 Å². The molecule has 2 aromatic heterocycles. The van der Waals surface area contributed by atoms with Crippen molar-refractivity contribution in [2.45, 2.75) is 116 Å². The lowest BCUT2D eigenvalue weighted by molar-refractivity contribution is -0.144. The Labute approximate surface area is 497 Å². The molecule has 5 N–H and O–H groups in total. The van der Waals surface area contributed by atoms with Gasteiger partial charge in [-0.25, -0.2) is 9.78 Å². The monoisotopic (exact) mass is 1210 g/mol. The van der Waals surface area contributed by atoms with Crippen LogP contribution in [0.4, 0.5) is 9.80 Å². The Morgan fingerprint density at radius 2 is 1.42 bits per heavy atom. The molecule has 3 aliphatic heterocycles. The summed E-state index contributed by atoms with van der Waals surface area (Å²) >= 11 is 3.10. The van der Waals surface area contributed by atoms with Gasteiger partial charge in [-0.15, -0.1) is 22.7 Å². The number of carbonyl (C=O) groups is 5. The van der Waals surface area contributed by atoms with Gasteiger partial charge < -0.3 is 69.3 Å². The van der Waals surface area contributed by atoms with Gasteiger partial charge in [-0.3, -0.25) is 24.2 Å². The molecular weight excluding hydrogens is 1120 g/mol. The van der Waals surface area contributed by atoms with Gasteiger partial charge in [0.25, 0.3) is 0 Å². The SMILES string of the molecule is CC1=C[SH](c2ccc(CNC(=O)[C@@H]3C[C@@H](O)CN3C(=O)[C@@H](NC(=O)CCOCCOCCOCCOCCOCCOCCNCCC(=O)Nc3sc4c(c3-c3nc5ccccc5s3)CCN(C(=O)OC(C)(C)C)C4)C(C)(C)C)cc2)C=N1. The zero-order valence-corrected chi connectivity index (χ0v) is 51.5. The van der Waals surface area contributed by atoms with Gasteiger partial charge in [0.1, 0.15) is 27.7 Å². The predicted octanol–water partition coefficient (Wildman–Crippen LogP) is 6.80. The summed E-state index contributed by atoms with van der Waals surface area (Å²) in [5.41, 5.74) is 5.59. The Morgan fingerprint density at radius 1 is 0.783 bits per heavy atom. The van der Waals surface area contributed by atoms with Crippen molar-refractivity contribution >= 4 is 84.1 Å². The molecule has 7 rings (SSSR count). The molecule has 1 unspecified atom stereocenters. The fourth-order valence-corrected chi connectivity index (χ4v) is 13.2. The fraction of sp³-hybridized carbons (Fsp3) is 0.576. The highest BCUT2D eigenvalue weighted by Gasteiger charge is 2.44. The maximum Gasteiger partial charge on any atom is 0.410 e. The summed E-state index contributed by atoms with van der Waals surface area (Å²) in [6, 6.07) is 14.2. The minimum absolute atomic E-state index is 0.00518. The van der Waals surface area contributed by atoms with Crippen LogP contribution < -0.4 is 21.3 Å². The average molecular weight is 1210 g/mol. The van der Waals surface area contributed by atoms with Crippen LogP contribution in [-0.4, -0.2) is 184 Å². The molecular formula is C59H84N8O13S3. The molecule has 24 heteroatoms. The number of thiophene rings is 1. The highest BCUT2D eigenvalue weighted by atomic mass is 32.2. The second-order valence-corrected chi connectivity index (χ2v) is 26.3. The topological polar surface area (TPSA) is 250 Å². The molecule has 0 spiro atoms. The number of aliphatic hydroxyl groups is 1. The van der Waals surface area contributed by atoms with Gasteiger partial charge in [0, 0.05) is 73.7 Å². The number of likely N-dealkylation sites (tertiary alicyclic amines) is 1. The zero-order valence-electron chi connectivity index (χ0n) is 49.0. The number of thiazole rings is 1. The zero-order chi connectivity index (χ0) is 59.4. The van der Waals surface area contributed by atoms with Crippen molar-refractivity contribution in [1.29, 1.82) is 0 Å². The number of amides is 5. The van der Waals surface area contributed by atoms with Gasteiger partial charge in [0.15, 0.2) is 0 Å². The number of carbonyl (C=O) groups excluding carboxylic acids is 5. The van der Waals surface area contributed by atoms with E-state index in [4.69, 9.17) is 38.1 Å². The first kappa shape index (κ1) is 65.2. The molecule has 2 aromatic carbocycles. The molecule has 21 nitrogen and oxygen atoms in total. The highest BCUT2D eigenvalue weighted by Crippen LogP contribution is 2.46. The molecule has 0 aliphatic carbocycles. The van der Waals surface area contributed by atoms with Crippen LogP contribution in [-0.2, 0) is 71.8 Å². The van der Waals surface area contributed by atoms with Crippen molar-refractivity contribution in [3.8, 4) is 10.6 Å². The van der Waals surface area contributed by atoms with Crippen LogP contribution in [0.5, 0.6) is 0 Å². The Hall–Kier alpha value is -5.38. The summed E-state index contributed by atoms with van der Waals surface area (Å²) in [7, 11) is -0.561. The Kier molecular flexibility index (Phi) is 25.3. The molecule has 1 fully saturated rings. The van der Waals surface area contributed by atoms with Crippen molar-refractivity contribution in [3.63, 3.8) is 0 Å². The van der Waals surface area contributed by atoms with Crippen molar-refractivity contribution in [2.75, 3.05) is 111 Å². The van der Waals surface area contributed by atoms with E-state index in [9.17, 15) is 29.1 Å². The summed E-state index contributed by atoms with van der Waals surface area (Å²) in [5, 5.41) is 26.5. The minimum Gasteiger partial charge on any atom is -0.444 e. The van der Waals surface area contributed by atoms with Crippen LogP contribution in [0.15, 0.2) is 69.5 Å². The molecule has 0 saturated carbocycles. The van der Waals surface area contributed by atoms with E-state index < -0.39 is 46.0 Å². The second kappa shape index (κ2) is 32.2. The third-order valence-corrected chi connectivity index (χ3v) is 17.5. The number of ether oxygens (including phenoxy) is 7. The molecule has 3 aliphatic rings. The first-order chi connectivity index (χ1) is 39.8. The Morgan fingerprint density at radius 3 is 2.04 bits per heavy atom. The van der Waals surface area contributed by atoms with E-state index in [1.807, 2.05) is 103 Å². The van der Waals surface area contributed by atoms with Gasteiger partial charge in [-0.05, 0) is 85.2 Å². The van der Waals surface area contributed by atoms with Crippen LogP contribution in [0.3, 0.4) is 0 Å². The number of fused-ring (bicyclic) bond motifs is 2. The molecule has 4 atom stereocenters. The van der Waals surface area contributed by atoms with Crippen molar-refractivity contribution < 1.29 is 62.2 Å². The number of hydrogen-bond donors (Lipinski definition) is 6. The van der Waals surface area contributed by atoms with E-state index in [-0.39, 0.29) is 69.4 Å². The normalized spacial score (nSPS) is 17.8. The maximum absolute atomic E-state index is 14.0. The Bertz CT molecular complexity index is 2800. The van der Waals surface area contributed by atoms with Crippen LogP contribution in [0.2, 0.25) is 0 Å². The lowest BCUT2D eigenvalue weighted by atomic mass is 9.85. The third kappa shape index (κ3) is 20.7. The molecule has 456 valence electrons. The van der Waals surface area contributed by atoms with Gasteiger partial charge in [-0.1, -0.05) is 45.0 Å². The summed E-state index contributed by atoms with van der Waals surface area (Å²) in [6.07, 6.45) is -0.165. The lowest BCUT2D eigenvalue weighted by Crippen LogP contribution is -2.57. The van der Waals surface area contributed by atoms with Crippen molar-refractivity contribution in [1.82, 2.24) is 30.7 Å². The number of anilines is 1. The van der Waals surface area contributed by atoms with Gasteiger partial charge in [-0.2, -0.15) is 10.9 Å². The lowest BCUT2D eigenvalue weighted by Gasteiger charge is -2.35. The molecule has 0 radical (unpaired) electrons. The second-order valence-electron chi connectivity index (χ2n) is 22.4. The van der Waals surface area contributed by atoms with Gasteiger partial charge in [0.05, 0.1) is 102 Å². The standard InChI is InChI=1S/C59H84N8O13S3/c1-40-38-83(39-62-40)43-14-12-41(13-15-43)35-61-53(71)46-34-42(68)36-67(46)56(72)52(58(2,3)4)64-50(70)18-22-74-24-26-76-28-30-78-32-33-79-31-29-77-27-25-75-23-20-60-19-16-49(69)65-55-51(54-63-45-10-8-9-11-47(45)81-54)44-17-21-66(37-48(44)82-55)57(73)80-59(5,6)7/h8-15,38-39,42,46,52,60,68,83H,16-37H2,1-7H3,(H,61,71)(H,64,70)(H,65,69)/t42-,46+,52-/m1/s1. The number of thiol groups is 1. The van der Waals surface area contributed by atoms with E-state index in [1.54, 1.807) is 16.2 Å². The molecule has 4 aromatic rings. The summed E-state index contributed by atoms with van der Waals surface area (Å²) < 4.78 is 40.4. The van der Waals surface area contributed by atoms with Gasteiger partial charge >= 0.3 is 6.09 Å². The summed E-state index contributed by atoms with van der Waals surface area (Å²) in [4.78, 5) is 81.2. The van der Waals surface area contributed by atoms with Crippen molar-refractivity contribution in [2.24, 2.45) is 10.4 Å². The first-order valence-corrected chi connectivity index (χ1v) is 31.5. The Balaban J connectivity index is 0.658. The van der Waals surface area contributed by atoms with Crippen LogP contribution in [0.25, 0.3) is 20.8 Å². The van der Waals surface area contributed by atoms with Crippen LogP contribution in [0, 0.1) is 5.41 Å². The van der Waals surface area contributed by atoms with E-state index in [0.29, 0.717) is 98.7 Å². The summed E-state index contributed by atoms with van der Waals surface area (Å²) in [5.74, 6) is -1.26. The highest BCUT2D eigenvalue weighted by molar-refractivity contribution is 8.31. The predicted molar refractivity (Wildman–Crippen MR) is 324 cm³/mol. The van der Waals surface area contributed by atoms with Crippen LogP contribution >= 0.6 is 33.6 Å². The number of aliphatic hydroxyl groups excluding tert-OH is 1. The number of benzene rings is 2. The molecule has 1 saturated heterocycles. The molecule has 5 heterocycles. The smallest absolute Gasteiger partial charge is 0.410 e. The molecule has 83 heavy (non-hydrogen) atoms. The number of β-amino-alcohol motifs (C(OH)–C–C–N with tert-alkyl or cyclic N) is 1. The number of aromatic nitrogens is 1. The van der Waals surface area contributed by atoms with Crippen molar-refractivity contribution in [3.05, 3.63) is 75.6 Å².